The number of nitrogens with two attached hydrogens (primary N) is 1. The van der Waals surface area contributed by atoms with Crippen LogP contribution < -0.4 is 11.1 Å². The number of amides is 3. The Morgan fingerprint density at radius 1 is 1.46 bits per heavy atom. The van der Waals surface area contributed by atoms with Crippen LogP contribution >= 0.6 is 0 Å². The van der Waals surface area contributed by atoms with Crippen molar-refractivity contribution in [2.24, 2.45) is 5.73 Å². The molecular weight excluding hydrogens is 172 g/mol. The van der Waals surface area contributed by atoms with Gasteiger partial charge in [0.2, 0.25) is 0 Å². The van der Waals surface area contributed by atoms with Crippen LogP contribution in [0.25, 0.3) is 0 Å². The Morgan fingerprint density at radius 3 is 2.46 bits per heavy atom. The summed E-state index contributed by atoms with van der Waals surface area (Å²) in [6, 6.07) is 0.677. The average molecular weight is 182 g/mol. The number of carbonyl (C=O) groups excluding carboxylic acids is 2. The highest BCUT2D eigenvalue weighted by Crippen LogP contribution is 2.12. The number of carbonyl (C=O) groups is 2. The zero-order valence-corrected chi connectivity index (χ0v) is 7.38. The third-order valence-electron chi connectivity index (χ3n) is 1.52. The van der Waals surface area contributed by atoms with Gasteiger partial charge in [-0.05, 0) is 19.9 Å². The molecule has 0 bridgehead atoms. The first-order valence-electron chi connectivity index (χ1n) is 3.68. The largest absolute Gasteiger partial charge is 0.466 e. The van der Waals surface area contributed by atoms with Crippen LogP contribution in [0.5, 0.6) is 0 Å². The number of aryl methyl sites for hydroxylation is 2. The number of hydrogen-bond acceptors (Lipinski definition) is 3. The molecule has 3 N–H and O–H groups in total. The molecule has 1 aromatic heterocycles. The van der Waals surface area contributed by atoms with E-state index in [2.05, 4.69) is 0 Å². The van der Waals surface area contributed by atoms with Crippen molar-refractivity contribution in [2.45, 2.75) is 13.8 Å². The first-order chi connectivity index (χ1) is 6.00. The summed E-state index contributed by atoms with van der Waals surface area (Å²) in [6.45, 7) is 3.36. The lowest BCUT2D eigenvalue weighted by atomic mass is 10.2. The van der Waals surface area contributed by atoms with Crippen LogP contribution in [0.3, 0.4) is 0 Å². The fourth-order valence-electron chi connectivity index (χ4n) is 1.04. The summed E-state index contributed by atoms with van der Waals surface area (Å²) >= 11 is 0. The fourth-order valence-corrected chi connectivity index (χ4v) is 1.04. The van der Waals surface area contributed by atoms with Crippen LogP contribution in [0.15, 0.2) is 10.5 Å². The molecule has 0 radical (unpaired) electrons. The molecule has 0 saturated heterocycles. The monoisotopic (exact) mass is 182 g/mol. The number of nitrogens with one attached hydrogen (secondary N) is 1. The number of furan rings is 1. The molecule has 0 spiro atoms. The van der Waals surface area contributed by atoms with Gasteiger partial charge in [-0.25, -0.2) is 4.79 Å². The van der Waals surface area contributed by atoms with Gasteiger partial charge in [-0.3, -0.25) is 10.1 Å². The number of primary amides is 1. The van der Waals surface area contributed by atoms with E-state index in [4.69, 9.17) is 10.2 Å². The molecule has 0 aliphatic carbocycles. The Balaban J connectivity index is 2.88. The van der Waals surface area contributed by atoms with Gasteiger partial charge in [0.15, 0.2) is 0 Å². The minimum atomic E-state index is -0.872. The van der Waals surface area contributed by atoms with Crippen molar-refractivity contribution in [3.05, 3.63) is 23.2 Å². The van der Waals surface area contributed by atoms with Gasteiger partial charge in [-0.1, -0.05) is 0 Å². The van der Waals surface area contributed by atoms with Crippen molar-refractivity contribution in [1.29, 1.82) is 0 Å². The predicted molar refractivity (Wildman–Crippen MR) is 45.2 cm³/mol. The molecule has 1 rings (SSSR count). The van der Waals surface area contributed by atoms with Gasteiger partial charge in [-0.15, -0.1) is 0 Å². The summed E-state index contributed by atoms with van der Waals surface area (Å²) in [4.78, 5) is 21.6. The molecule has 5 heteroatoms. The maximum atomic E-state index is 11.2. The lowest BCUT2D eigenvalue weighted by Gasteiger charge is -1.96. The molecule has 0 fully saturated rings. The zero-order chi connectivity index (χ0) is 10.0. The van der Waals surface area contributed by atoms with E-state index in [0.29, 0.717) is 17.1 Å². The van der Waals surface area contributed by atoms with E-state index >= 15 is 0 Å². The molecule has 1 heterocycles. The maximum absolute atomic E-state index is 11.2. The van der Waals surface area contributed by atoms with Gasteiger partial charge >= 0.3 is 6.03 Å². The Morgan fingerprint density at radius 2 is 2.08 bits per heavy atom. The standard InChI is InChI=1S/C8H10N2O3/c1-4-3-6(5(2)13-4)7(11)10-8(9)12/h3H,1-2H3,(H3,9,10,11,12). The van der Waals surface area contributed by atoms with Crippen LogP contribution in [-0.2, 0) is 0 Å². The third-order valence-corrected chi connectivity index (χ3v) is 1.52. The van der Waals surface area contributed by atoms with E-state index in [-0.39, 0.29) is 0 Å². The SMILES string of the molecule is Cc1cc(C(=O)NC(N)=O)c(C)o1. The smallest absolute Gasteiger partial charge is 0.319 e. The quantitative estimate of drug-likeness (QED) is 0.670. The molecule has 0 aliphatic heterocycles. The zero-order valence-electron chi connectivity index (χ0n) is 7.38. The van der Waals surface area contributed by atoms with Crippen molar-refractivity contribution < 1.29 is 14.0 Å². The van der Waals surface area contributed by atoms with Crippen LogP contribution in [0.1, 0.15) is 21.9 Å². The Labute approximate surface area is 74.9 Å². The van der Waals surface area contributed by atoms with E-state index in [0.717, 1.165) is 0 Å². The van der Waals surface area contributed by atoms with E-state index in [1.54, 1.807) is 19.9 Å². The molecule has 70 valence electrons. The minimum Gasteiger partial charge on any atom is -0.466 e. The van der Waals surface area contributed by atoms with Crippen LogP contribution in [0.2, 0.25) is 0 Å². The Hall–Kier alpha value is -1.78. The second-order valence-electron chi connectivity index (χ2n) is 2.65. The second-order valence-corrected chi connectivity index (χ2v) is 2.65. The molecule has 0 atom stereocenters. The average Bonchev–Trinajstić information content (AvgIpc) is 2.28. The molecule has 1 aromatic rings. The van der Waals surface area contributed by atoms with E-state index in [1.807, 2.05) is 5.32 Å². The predicted octanol–water partition coefficient (Wildman–Crippen LogP) is 0.705. The normalized spacial score (nSPS) is 9.69. The summed E-state index contributed by atoms with van der Waals surface area (Å²) in [5.74, 6) is 0.547. The highest BCUT2D eigenvalue weighted by molar-refractivity contribution is 6.04. The first-order valence-corrected chi connectivity index (χ1v) is 3.68. The number of urea groups is 1. The van der Waals surface area contributed by atoms with Gasteiger partial charge in [0.1, 0.15) is 11.5 Å². The number of hydrogen-bond donors (Lipinski definition) is 2. The third kappa shape index (κ3) is 2.08. The number of rotatable bonds is 1. The minimum absolute atomic E-state index is 0.330. The second kappa shape index (κ2) is 3.30. The van der Waals surface area contributed by atoms with Gasteiger partial charge in [0, 0.05) is 0 Å². The fraction of sp³-hybridized carbons (Fsp3) is 0.250. The molecule has 0 aliphatic rings. The van der Waals surface area contributed by atoms with E-state index in [9.17, 15) is 9.59 Å². The Kier molecular flexibility index (Phi) is 2.36. The first kappa shape index (κ1) is 9.31. The maximum Gasteiger partial charge on any atom is 0.319 e. The molecule has 0 unspecified atom stereocenters. The van der Waals surface area contributed by atoms with Crippen molar-refractivity contribution in [3.63, 3.8) is 0 Å². The molecular formula is C8H10N2O3. The van der Waals surface area contributed by atoms with Gasteiger partial charge in [0.05, 0.1) is 5.56 Å². The van der Waals surface area contributed by atoms with Crippen molar-refractivity contribution in [3.8, 4) is 0 Å². The molecule has 5 nitrogen and oxygen atoms in total. The summed E-state index contributed by atoms with van der Waals surface area (Å²) < 4.78 is 5.10. The molecule has 0 aromatic carbocycles. The van der Waals surface area contributed by atoms with Crippen molar-refractivity contribution in [1.82, 2.24) is 5.32 Å². The highest BCUT2D eigenvalue weighted by atomic mass is 16.3. The molecule has 0 saturated carbocycles. The summed E-state index contributed by atoms with van der Waals surface area (Å²) in [5, 5.41) is 1.95. The van der Waals surface area contributed by atoms with Crippen LogP contribution in [0.4, 0.5) is 4.79 Å². The highest BCUT2D eigenvalue weighted by Gasteiger charge is 2.14. The Bertz CT molecular complexity index is 354. The summed E-state index contributed by atoms with van der Waals surface area (Å²) in [7, 11) is 0. The van der Waals surface area contributed by atoms with Crippen LogP contribution in [-0.4, -0.2) is 11.9 Å². The van der Waals surface area contributed by atoms with Gasteiger partial charge in [0.25, 0.3) is 5.91 Å². The summed E-state index contributed by atoms with van der Waals surface area (Å²) in [6.07, 6.45) is 0. The van der Waals surface area contributed by atoms with E-state index in [1.165, 1.54) is 0 Å². The molecule has 13 heavy (non-hydrogen) atoms. The van der Waals surface area contributed by atoms with Gasteiger partial charge < -0.3 is 10.2 Å². The summed E-state index contributed by atoms with van der Waals surface area (Å²) in [5.41, 5.74) is 5.12. The van der Waals surface area contributed by atoms with Crippen molar-refractivity contribution in [2.75, 3.05) is 0 Å². The van der Waals surface area contributed by atoms with Gasteiger partial charge in [-0.2, -0.15) is 0 Å². The lowest BCUT2D eigenvalue weighted by molar-refractivity contribution is 0.0965. The van der Waals surface area contributed by atoms with E-state index < -0.39 is 11.9 Å². The molecule has 3 amide bonds. The number of imide groups is 1. The van der Waals surface area contributed by atoms with Crippen molar-refractivity contribution >= 4 is 11.9 Å². The topological polar surface area (TPSA) is 85.3 Å². The van der Waals surface area contributed by atoms with Crippen LogP contribution in [0, 0.1) is 13.8 Å². The lowest BCUT2D eigenvalue weighted by Crippen LogP contribution is -2.35.